The van der Waals surface area contributed by atoms with Crippen LogP contribution in [0.15, 0.2) is 34.9 Å². The van der Waals surface area contributed by atoms with E-state index < -0.39 is 5.92 Å². The van der Waals surface area contributed by atoms with Gasteiger partial charge < -0.3 is 10.3 Å². The summed E-state index contributed by atoms with van der Waals surface area (Å²) < 4.78 is 5.37. The van der Waals surface area contributed by atoms with Gasteiger partial charge in [0.05, 0.1) is 5.92 Å². The first-order chi connectivity index (χ1) is 10.6. The molecule has 2 heterocycles. The molecule has 4 rings (SSSR count). The fraction of sp³-hybridized carbons (Fsp3) is 0.188. The molecular formula is C16H13N3O3. The highest BCUT2D eigenvalue weighted by Crippen LogP contribution is 2.34. The van der Waals surface area contributed by atoms with Gasteiger partial charge in [0.15, 0.2) is 5.58 Å². The lowest BCUT2D eigenvalue weighted by molar-refractivity contribution is -0.134. The van der Waals surface area contributed by atoms with Crippen LogP contribution in [0.4, 0.5) is 5.69 Å². The van der Waals surface area contributed by atoms with E-state index in [1.165, 1.54) is 0 Å². The van der Waals surface area contributed by atoms with Crippen LogP contribution in [0.1, 0.15) is 24.5 Å². The Balaban J connectivity index is 1.89. The Hall–Kier alpha value is -2.89. The maximum absolute atomic E-state index is 12.0. The number of rotatable bonds is 1. The molecule has 1 saturated heterocycles. The Bertz CT molecular complexity index is 929. The lowest BCUT2D eigenvalue weighted by Crippen LogP contribution is -2.39. The van der Waals surface area contributed by atoms with Crippen LogP contribution in [0.5, 0.6) is 0 Å². The standard InChI is InChI=1S/C16H13N3O3/c17-12-3-1-2-8-6-11-13(7-10(8)12)22-19-15(11)9-4-5-14(20)18-16(9)21/h1-3,6-7,9H,4-5,17H2,(H,18,20,21). The molecule has 1 aliphatic rings. The fourth-order valence-corrected chi connectivity index (χ4v) is 2.96. The SMILES string of the molecule is Nc1cccc2cc3c(C4CCC(=O)NC4=O)noc3cc12. The molecule has 2 aromatic carbocycles. The topological polar surface area (TPSA) is 98.2 Å². The summed E-state index contributed by atoms with van der Waals surface area (Å²) in [6, 6.07) is 9.42. The van der Waals surface area contributed by atoms with Crippen LogP contribution in [-0.2, 0) is 9.59 Å². The molecule has 22 heavy (non-hydrogen) atoms. The van der Waals surface area contributed by atoms with E-state index in [0.29, 0.717) is 29.8 Å². The van der Waals surface area contributed by atoms with Gasteiger partial charge in [0, 0.05) is 22.9 Å². The van der Waals surface area contributed by atoms with Crippen molar-refractivity contribution in [2.45, 2.75) is 18.8 Å². The van der Waals surface area contributed by atoms with Gasteiger partial charge in [-0.05, 0) is 30.0 Å². The molecule has 6 heteroatoms. The van der Waals surface area contributed by atoms with Crippen LogP contribution >= 0.6 is 0 Å². The fourth-order valence-electron chi connectivity index (χ4n) is 2.96. The van der Waals surface area contributed by atoms with Crippen LogP contribution in [0.3, 0.4) is 0 Å². The normalized spacial score (nSPS) is 18.8. The minimum atomic E-state index is -0.461. The summed E-state index contributed by atoms with van der Waals surface area (Å²) in [5, 5.41) is 9.05. The van der Waals surface area contributed by atoms with Crippen molar-refractivity contribution in [1.82, 2.24) is 10.5 Å². The van der Waals surface area contributed by atoms with E-state index in [9.17, 15) is 9.59 Å². The molecule has 1 unspecified atom stereocenters. The third kappa shape index (κ3) is 1.84. The Morgan fingerprint density at radius 1 is 1.23 bits per heavy atom. The number of imide groups is 1. The average molecular weight is 295 g/mol. The molecule has 0 radical (unpaired) electrons. The van der Waals surface area contributed by atoms with E-state index in [1.807, 2.05) is 30.3 Å². The van der Waals surface area contributed by atoms with Crippen molar-refractivity contribution < 1.29 is 14.1 Å². The minimum Gasteiger partial charge on any atom is -0.398 e. The molecule has 2 amide bonds. The first-order valence-corrected chi connectivity index (χ1v) is 7.05. The highest BCUT2D eigenvalue weighted by molar-refractivity contribution is 6.05. The van der Waals surface area contributed by atoms with E-state index >= 15 is 0 Å². The van der Waals surface area contributed by atoms with Gasteiger partial charge in [-0.2, -0.15) is 0 Å². The summed E-state index contributed by atoms with van der Waals surface area (Å²) >= 11 is 0. The van der Waals surface area contributed by atoms with Crippen molar-refractivity contribution in [2.24, 2.45) is 0 Å². The number of hydrogen-bond acceptors (Lipinski definition) is 5. The predicted octanol–water partition coefficient (Wildman–Crippen LogP) is 2.08. The second-order valence-corrected chi connectivity index (χ2v) is 5.49. The average Bonchev–Trinajstić information content (AvgIpc) is 2.89. The predicted molar refractivity (Wildman–Crippen MR) is 81.1 cm³/mol. The highest BCUT2D eigenvalue weighted by atomic mass is 16.5. The van der Waals surface area contributed by atoms with E-state index in [-0.39, 0.29) is 11.8 Å². The highest BCUT2D eigenvalue weighted by Gasteiger charge is 2.31. The lowest BCUT2D eigenvalue weighted by atomic mass is 9.92. The summed E-state index contributed by atoms with van der Waals surface area (Å²) in [6.07, 6.45) is 0.757. The molecule has 1 aromatic heterocycles. The Morgan fingerprint density at radius 3 is 2.91 bits per heavy atom. The van der Waals surface area contributed by atoms with Gasteiger partial charge >= 0.3 is 0 Å². The lowest BCUT2D eigenvalue weighted by Gasteiger charge is -2.18. The van der Waals surface area contributed by atoms with E-state index in [2.05, 4.69) is 10.5 Å². The summed E-state index contributed by atoms with van der Waals surface area (Å²) in [7, 11) is 0. The zero-order valence-corrected chi connectivity index (χ0v) is 11.6. The molecule has 3 aromatic rings. The van der Waals surface area contributed by atoms with Gasteiger partial charge in [0.1, 0.15) is 5.69 Å². The number of nitrogens with two attached hydrogens (primary N) is 1. The number of aromatic nitrogens is 1. The summed E-state index contributed by atoms with van der Waals surface area (Å²) in [4.78, 5) is 23.3. The third-order valence-electron chi connectivity index (χ3n) is 4.10. The second kappa shape index (κ2) is 4.56. The minimum absolute atomic E-state index is 0.243. The van der Waals surface area contributed by atoms with Crippen LogP contribution in [0.2, 0.25) is 0 Å². The molecule has 3 N–H and O–H groups in total. The number of carbonyl (C=O) groups is 2. The van der Waals surface area contributed by atoms with E-state index in [0.717, 1.165) is 16.2 Å². The van der Waals surface area contributed by atoms with Gasteiger partial charge in [0.25, 0.3) is 0 Å². The number of nitrogens with one attached hydrogen (secondary N) is 1. The van der Waals surface area contributed by atoms with E-state index in [1.54, 1.807) is 0 Å². The maximum Gasteiger partial charge on any atom is 0.235 e. The molecule has 0 bridgehead atoms. The third-order valence-corrected chi connectivity index (χ3v) is 4.10. The molecule has 1 atom stereocenters. The van der Waals surface area contributed by atoms with Crippen LogP contribution in [0.25, 0.3) is 21.7 Å². The molecule has 110 valence electrons. The Labute approximate surface area is 125 Å². The van der Waals surface area contributed by atoms with Gasteiger partial charge in [0.2, 0.25) is 11.8 Å². The van der Waals surface area contributed by atoms with Crippen molar-refractivity contribution in [1.29, 1.82) is 0 Å². The van der Waals surface area contributed by atoms with Crippen molar-refractivity contribution >= 4 is 39.2 Å². The van der Waals surface area contributed by atoms with Crippen LogP contribution < -0.4 is 11.1 Å². The van der Waals surface area contributed by atoms with Crippen LogP contribution in [-0.4, -0.2) is 17.0 Å². The number of anilines is 1. The van der Waals surface area contributed by atoms with E-state index in [4.69, 9.17) is 10.3 Å². The summed E-state index contributed by atoms with van der Waals surface area (Å²) in [5.41, 5.74) is 7.80. The Kier molecular flexibility index (Phi) is 2.66. The monoisotopic (exact) mass is 295 g/mol. The molecule has 6 nitrogen and oxygen atoms in total. The molecule has 0 aliphatic carbocycles. The van der Waals surface area contributed by atoms with Crippen LogP contribution in [0, 0.1) is 0 Å². The van der Waals surface area contributed by atoms with Crippen molar-refractivity contribution in [3.8, 4) is 0 Å². The van der Waals surface area contributed by atoms with Crippen molar-refractivity contribution in [2.75, 3.05) is 5.73 Å². The first-order valence-electron chi connectivity index (χ1n) is 7.05. The van der Waals surface area contributed by atoms with Gasteiger partial charge in [-0.15, -0.1) is 0 Å². The number of hydrogen-bond donors (Lipinski definition) is 2. The summed E-state index contributed by atoms with van der Waals surface area (Å²) in [5.74, 6) is -1.02. The number of nitrogens with zero attached hydrogens (tertiary/aromatic N) is 1. The largest absolute Gasteiger partial charge is 0.398 e. The second-order valence-electron chi connectivity index (χ2n) is 5.49. The summed E-state index contributed by atoms with van der Waals surface area (Å²) in [6.45, 7) is 0. The number of amides is 2. The van der Waals surface area contributed by atoms with Crippen molar-refractivity contribution in [3.05, 3.63) is 36.0 Å². The molecule has 0 spiro atoms. The molecule has 0 saturated carbocycles. The number of carbonyl (C=O) groups excluding carboxylic acids is 2. The van der Waals surface area contributed by atoms with Gasteiger partial charge in [-0.25, -0.2) is 0 Å². The van der Waals surface area contributed by atoms with Gasteiger partial charge in [-0.3, -0.25) is 14.9 Å². The molecule has 1 aliphatic heterocycles. The number of piperidine rings is 1. The van der Waals surface area contributed by atoms with Crippen molar-refractivity contribution in [3.63, 3.8) is 0 Å². The first kappa shape index (κ1) is 12.8. The number of benzene rings is 2. The number of nitrogen functional groups attached to an aromatic ring is 1. The quantitative estimate of drug-likeness (QED) is 0.529. The maximum atomic E-state index is 12.0. The zero-order chi connectivity index (χ0) is 15.3. The molecular weight excluding hydrogens is 282 g/mol. The number of fused-ring (bicyclic) bond motifs is 2. The van der Waals surface area contributed by atoms with Gasteiger partial charge in [-0.1, -0.05) is 17.3 Å². The smallest absolute Gasteiger partial charge is 0.235 e. The molecule has 1 fully saturated rings. The Morgan fingerprint density at radius 2 is 2.09 bits per heavy atom. The zero-order valence-electron chi connectivity index (χ0n) is 11.6.